The molecule has 0 saturated carbocycles. The highest BCUT2D eigenvalue weighted by Crippen LogP contribution is 2.31. The van der Waals surface area contributed by atoms with Crippen LogP contribution in [0.25, 0.3) is 16.8 Å². The van der Waals surface area contributed by atoms with Gasteiger partial charge in [-0.05, 0) is 49.4 Å². The van der Waals surface area contributed by atoms with Crippen LogP contribution in [0, 0.1) is 6.92 Å². The summed E-state index contributed by atoms with van der Waals surface area (Å²) in [7, 11) is 0. The van der Waals surface area contributed by atoms with Crippen LogP contribution in [0.5, 0.6) is 0 Å². The van der Waals surface area contributed by atoms with Crippen LogP contribution in [0.4, 0.5) is 0 Å². The summed E-state index contributed by atoms with van der Waals surface area (Å²) in [6.45, 7) is 2.06. The van der Waals surface area contributed by atoms with Crippen molar-refractivity contribution in [3.05, 3.63) is 51.9 Å². The number of rotatable bonds is 1. The maximum absolute atomic E-state index is 4.73. The molecule has 3 nitrogen and oxygen atoms in total. The van der Waals surface area contributed by atoms with Crippen LogP contribution in [0.1, 0.15) is 23.4 Å². The predicted molar refractivity (Wildman–Crippen MR) is 82.9 cm³/mol. The topological polar surface area (TPSA) is 30.2 Å². The van der Waals surface area contributed by atoms with E-state index in [1.807, 2.05) is 6.20 Å². The Labute approximate surface area is 125 Å². The first-order valence-electron chi connectivity index (χ1n) is 6.86. The molecular weight excluding hydrogens is 314 g/mol. The Morgan fingerprint density at radius 3 is 2.75 bits per heavy atom. The fraction of sp³-hybridized carbons (Fsp3) is 0.250. The van der Waals surface area contributed by atoms with E-state index >= 15 is 0 Å². The van der Waals surface area contributed by atoms with Crippen molar-refractivity contribution >= 4 is 21.6 Å². The third-order valence-electron chi connectivity index (χ3n) is 4.00. The molecule has 20 heavy (non-hydrogen) atoms. The molecule has 4 heteroatoms. The van der Waals surface area contributed by atoms with E-state index < -0.39 is 0 Å². The highest BCUT2D eigenvalue weighted by molar-refractivity contribution is 9.10. The minimum Gasteiger partial charge on any atom is -0.236 e. The Bertz CT molecular complexity index is 803. The zero-order valence-corrected chi connectivity index (χ0v) is 12.8. The highest BCUT2D eigenvalue weighted by Gasteiger charge is 2.20. The van der Waals surface area contributed by atoms with Gasteiger partial charge in [0.15, 0.2) is 5.65 Å². The molecule has 1 aliphatic rings. The van der Waals surface area contributed by atoms with Gasteiger partial charge in [0.05, 0.1) is 5.69 Å². The summed E-state index contributed by atoms with van der Waals surface area (Å²) in [6, 6.07) is 8.35. The largest absolute Gasteiger partial charge is 0.236 e. The minimum absolute atomic E-state index is 0.977. The molecule has 1 aliphatic carbocycles. The number of hydrogen-bond donors (Lipinski definition) is 0. The molecule has 2 heterocycles. The molecule has 2 aromatic heterocycles. The highest BCUT2D eigenvalue weighted by atomic mass is 79.9. The Morgan fingerprint density at radius 1 is 1.15 bits per heavy atom. The molecule has 3 aromatic rings. The van der Waals surface area contributed by atoms with Crippen molar-refractivity contribution < 1.29 is 0 Å². The van der Waals surface area contributed by atoms with Crippen molar-refractivity contribution in [2.75, 3.05) is 0 Å². The van der Waals surface area contributed by atoms with E-state index in [1.165, 1.54) is 23.2 Å². The molecule has 0 bridgehead atoms. The maximum atomic E-state index is 4.73. The molecule has 100 valence electrons. The van der Waals surface area contributed by atoms with E-state index in [9.17, 15) is 0 Å². The Kier molecular flexibility index (Phi) is 2.67. The number of aryl methyl sites for hydroxylation is 3. The fourth-order valence-corrected chi connectivity index (χ4v) is 3.31. The van der Waals surface area contributed by atoms with E-state index in [4.69, 9.17) is 5.10 Å². The zero-order valence-electron chi connectivity index (χ0n) is 11.2. The number of nitrogens with zero attached hydrogens (tertiary/aromatic N) is 3. The van der Waals surface area contributed by atoms with Crippen LogP contribution in [-0.4, -0.2) is 14.6 Å². The van der Waals surface area contributed by atoms with Gasteiger partial charge in [-0.3, -0.25) is 0 Å². The molecular formula is C16H14BrN3. The van der Waals surface area contributed by atoms with Gasteiger partial charge in [0.25, 0.3) is 0 Å². The second-order valence-electron chi connectivity index (χ2n) is 5.29. The lowest BCUT2D eigenvalue weighted by atomic mass is 10.1. The summed E-state index contributed by atoms with van der Waals surface area (Å²) < 4.78 is 3.14. The average Bonchev–Trinajstić information content (AvgIpc) is 3.03. The van der Waals surface area contributed by atoms with E-state index in [0.717, 1.165) is 34.2 Å². The number of benzene rings is 1. The van der Waals surface area contributed by atoms with E-state index in [1.54, 1.807) is 0 Å². The second-order valence-corrected chi connectivity index (χ2v) is 6.20. The van der Waals surface area contributed by atoms with E-state index in [0.29, 0.717) is 0 Å². The number of hydrogen-bond acceptors (Lipinski definition) is 2. The lowest BCUT2D eigenvalue weighted by Gasteiger charge is -2.03. The smallest absolute Gasteiger partial charge is 0.163 e. The number of halogens is 1. The fourth-order valence-electron chi connectivity index (χ4n) is 3.05. The molecule has 0 radical (unpaired) electrons. The third kappa shape index (κ3) is 1.71. The molecule has 0 saturated heterocycles. The molecule has 4 rings (SSSR count). The average molecular weight is 328 g/mol. The molecule has 0 spiro atoms. The summed E-state index contributed by atoms with van der Waals surface area (Å²) in [5, 5.41) is 4.73. The number of aromatic nitrogens is 3. The molecule has 0 fully saturated rings. The first-order valence-corrected chi connectivity index (χ1v) is 7.65. The van der Waals surface area contributed by atoms with Gasteiger partial charge in [-0.1, -0.05) is 28.1 Å². The summed E-state index contributed by atoms with van der Waals surface area (Å²) in [6.07, 6.45) is 5.48. The van der Waals surface area contributed by atoms with Gasteiger partial charge >= 0.3 is 0 Å². The van der Waals surface area contributed by atoms with Crippen molar-refractivity contribution in [3.63, 3.8) is 0 Å². The Hall–Kier alpha value is -1.68. The Morgan fingerprint density at radius 2 is 1.95 bits per heavy atom. The lowest BCUT2D eigenvalue weighted by Crippen LogP contribution is -1.99. The van der Waals surface area contributed by atoms with Gasteiger partial charge in [-0.15, -0.1) is 0 Å². The molecule has 0 aliphatic heterocycles. The quantitative estimate of drug-likeness (QED) is 0.677. The van der Waals surface area contributed by atoms with Gasteiger partial charge in [-0.25, -0.2) is 9.50 Å². The standard InChI is InChI=1S/C16H14BrN3/c1-10-15(11-5-7-13(17)8-6-11)16-18-9-12-3-2-4-14(12)20(16)19-10/h5-9H,2-4H2,1H3. The van der Waals surface area contributed by atoms with Crippen molar-refractivity contribution in [3.8, 4) is 11.1 Å². The van der Waals surface area contributed by atoms with Crippen LogP contribution in [0.15, 0.2) is 34.9 Å². The van der Waals surface area contributed by atoms with Crippen LogP contribution in [0.2, 0.25) is 0 Å². The first kappa shape index (κ1) is 12.1. The van der Waals surface area contributed by atoms with Crippen molar-refractivity contribution in [2.45, 2.75) is 26.2 Å². The Balaban J connectivity index is 2.00. The molecule has 0 atom stereocenters. The summed E-state index contributed by atoms with van der Waals surface area (Å²) in [4.78, 5) is 4.66. The van der Waals surface area contributed by atoms with E-state index in [-0.39, 0.29) is 0 Å². The summed E-state index contributed by atoms with van der Waals surface area (Å²) in [5.74, 6) is 0. The monoisotopic (exact) mass is 327 g/mol. The second kappa shape index (κ2) is 4.42. The van der Waals surface area contributed by atoms with Gasteiger partial charge in [0, 0.05) is 21.9 Å². The van der Waals surface area contributed by atoms with Crippen LogP contribution >= 0.6 is 15.9 Å². The van der Waals surface area contributed by atoms with Crippen molar-refractivity contribution in [1.29, 1.82) is 0 Å². The van der Waals surface area contributed by atoms with Gasteiger partial charge in [0.1, 0.15) is 0 Å². The number of fused-ring (bicyclic) bond motifs is 3. The zero-order chi connectivity index (χ0) is 13.7. The third-order valence-corrected chi connectivity index (χ3v) is 4.53. The molecule has 0 N–H and O–H groups in total. The minimum atomic E-state index is 0.977. The molecule has 1 aromatic carbocycles. The van der Waals surface area contributed by atoms with Gasteiger partial charge in [-0.2, -0.15) is 5.10 Å². The van der Waals surface area contributed by atoms with Gasteiger partial charge in [0.2, 0.25) is 0 Å². The van der Waals surface area contributed by atoms with Crippen molar-refractivity contribution in [2.24, 2.45) is 0 Å². The summed E-state index contributed by atoms with van der Waals surface area (Å²) >= 11 is 3.48. The van der Waals surface area contributed by atoms with Crippen LogP contribution in [0.3, 0.4) is 0 Å². The maximum Gasteiger partial charge on any atom is 0.163 e. The van der Waals surface area contributed by atoms with Crippen molar-refractivity contribution in [1.82, 2.24) is 14.6 Å². The van der Waals surface area contributed by atoms with Gasteiger partial charge < -0.3 is 0 Å². The lowest BCUT2D eigenvalue weighted by molar-refractivity contribution is 0.827. The SMILES string of the molecule is Cc1nn2c3c(cnc2c1-c1ccc(Br)cc1)CCC3. The summed E-state index contributed by atoms with van der Waals surface area (Å²) in [5.41, 5.74) is 7.02. The normalized spacial score (nSPS) is 13.9. The van der Waals surface area contributed by atoms with E-state index in [2.05, 4.69) is 56.6 Å². The molecule has 0 amide bonds. The predicted octanol–water partition coefficient (Wildman–Crippen LogP) is 3.96. The van der Waals surface area contributed by atoms with Crippen LogP contribution < -0.4 is 0 Å². The van der Waals surface area contributed by atoms with Crippen LogP contribution in [-0.2, 0) is 12.8 Å². The molecule has 0 unspecified atom stereocenters. The first-order chi connectivity index (χ1) is 9.74.